The first-order valence-corrected chi connectivity index (χ1v) is 8.23. The topological polar surface area (TPSA) is 64.6 Å². The van der Waals surface area contributed by atoms with Gasteiger partial charge in [0.15, 0.2) is 6.61 Å². The van der Waals surface area contributed by atoms with E-state index in [0.717, 1.165) is 10.0 Å². The van der Waals surface area contributed by atoms with Gasteiger partial charge in [0.25, 0.3) is 5.91 Å². The summed E-state index contributed by atoms with van der Waals surface area (Å²) in [6.07, 6.45) is 0.0814. The number of rotatable bonds is 7. The van der Waals surface area contributed by atoms with Crippen LogP contribution in [0.3, 0.4) is 0 Å². The first-order chi connectivity index (χ1) is 11.5. The van der Waals surface area contributed by atoms with E-state index in [1.165, 1.54) is 0 Å². The van der Waals surface area contributed by atoms with Crippen molar-refractivity contribution in [3.63, 3.8) is 0 Å². The molecule has 126 valence electrons. The number of ether oxygens (including phenoxy) is 2. The Balaban J connectivity index is 1.65. The molecule has 0 spiro atoms. The first kappa shape index (κ1) is 18.0. The van der Waals surface area contributed by atoms with E-state index in [0.29, 0.717) is 11.4 Å². The van der Waals surface area contributed by atoms with Crippen LogP contribution in [0, 0.1) is 6.92 Å². The highest BCUT2D eigenvalue weighted by Gasteiger charge is 2.08. The minimum atomic E-state index is -0.480. The Morgan fingerprint density at radius 3 is 2.58 bits per heavy atom. The lowest BCUT2D eigenvalue weighted by atomic mass is 10.2. The Kier molecular flexibility index (Phi) is 6.81. The van der Waals surface area contributed by atoms with Crippen LogP contribution in [0.2, 0.25) is 0 Å². The third-order valence-electron chi connectivity index (χ3n) is 3.07. The van der Waals surface area contributed by atoms with Crippen molar-refractivity contribution in [2.24, 2.45) is 0 Å². The van der Waals surface area contributed by atoms with Gasteiger partial charge >= 0.3 is 5.97 Å². The molecule has 1 N–H and O–H groups in total. The van der Waals surface area contributed by atoms with Crippen molar-refractivity contribution in [2.75, 3.05) is 18.5 Å². The molecule has 0 fully saturated rings. The van der Waals surface area contributed by atoms with Crippen molar-refractivity contribution in [3.05, 3.63) is 58.6 Å². The summed E-state index contributed by atoms with van der Waals surface area (Å²) in [5, 5.41) is 2.65. The van der Waals surface area contributed by atoms with Gasteiger partial charge in [0.2, 0.25) is 0 Å². The fraction of sp³-hybridized carbons (Fsp3) is 0.222. The number of anilines is 1. The van der Waals surface area contributed by atoms with E-state index in [4.69, 9.17) is 9.47 Å². The summed E-state index contributed by atoms with van der Waals surface area (Å²) in [4.78, 5) is 23.3. The largest absolute Gasteiger partial charge is 0.493 e. The second kappa shape index (κ2) is 9.08. The Labute approximate surface area is 149 Å². The van der Waals surface area contributed by atoms with E-state index < -0.39 is 5.97 Å². The maximum absolute atomic E-state index is 11.7. The van der Waals surface area contributed by atoms with Gasteiger partial charge in [0.05, 0.1) is 13.0 Å². The molecule has 0 aliphatic carbocycles. The van der Waals surface area contributed by atoms with Gasteiger partial charge in [-0.25, -0.2) is 0 Å². The van der Waals surface area contributed by atoms with Gasteiger partial charge in [-0.1, -0.05) is 39.7 Å². The maximum atomic E-state index is 11.7. The number of halogens is 1. The molecule has 0 atom stereocenters. The van der Waals surface area contributed by atoms with E-state index in [2.05, 4.69) is 21.2 Å². The van der Waals surface area contributed by atoms with Crippen molar-refractivity contribution in [3.8, 4) is 5.75 Å². The van der Waals surface area contributed by atoms with Gasteiger partial charge in [0.1, 0.15) is 5.75 Å². The zero-order valence-corrected chi connectivity index (χ0v) is 14.8. The second-order valence-electron chi connectivity index (χ2n) is 5.13. The highest BCUT2D eigenvalue weighted by molar-refractivity contribution is 9.10. The van der Waals surface area contributed by atoms with Crippen molar-refractivity contribution in [1.82, 2.24) is 0 Å². The van der Waals surface area contributed by atoms with Crippen LogP contribution < -0.4 is 10.1 Å². The quantitative estimate of drug-likeness (QED) is 0.730. The van der Waals surface area contributed by atoms with Crippen molar-refractivity contribution < 1.29 is 19.1 Å². The number of carbonyl (C=O) groups is 2. The predicted molar refractivity (Wildman–Crippen MR) is 95.0 cm³/mol. The number of esters is 1. The molecule has 0 bridgehead atoms. The van der Waals surface area contributed by atoms with E-state index in [9.17, 15) is 9.59 Å². The number of hydrogen-bond donors (Lipinski definition) is 1. The highest BCUT2D eigenvalue weighted by atomic mass is 79.9. The SMILES string of the molecule is Cc1ccc(OCCC(=O)OCC(=O)Nc2cccc(Br)c2)cc1. The van der Waals surface area contributed by atoms with Crippen LogP contribution in [0.4, 0.5) is 5.69 Å². The lowest BCUT2D eigenvalue weighted by Gasteiger charge is -2.08. The molecule has 0 aliphatic rings. The van der Waals surface area contributed by atoms with Crippen molar-refractivity contribution >= 4 is 33.5 Å². The molecule has 0 saturated carbocycles. The summed E-state index contributed by atoms with van der Waals surface area (Å²) < 4.78 is 11.2. The predicted octanol–water partition coefficient (Wildman–Crippen LogP) is 3.71. The van der Waals surface area contributed by atoms with Crippen LogP contribution in [0.1, 0.15) is 12.0 Å². The average molecular weight is 392 g/mol. The van der Waals surface area contributed by atoms with E-state index in [1.807, 2.05) is 37.3 Å². The monoisotopic (exact) mass is 391 g/mol. The molecule has 0 aromatic heterocycles. The molecule has 6 heteroatoms. The minimum absolute atomic E-state index is 0.0814. The molecular weight excluding hydrogens is 374 g/mol. The third kappa shape index (κ3) is 6.42. The zero-order chi connectivity index (χ0) is 17.4. The van der Waals surface area contributed by atoms with Crippen LogP contribution in [0.15, 0.2) is 53.0 Å². The average Bonchev–Trinajstić information content (AvgIpc) is 2.55. The van der Waals surface area contributed by atoms with Crippen LogP contribution in [-0.2, 0) is 14.3 Å². The van der Waals surface area contributed by atoms with Crippen LogP contribution in [-0.4, -0.2) is 25.1 Å². The second-order valence-corrected chi connectivity index (χ2v) is 6.05. The summed E-state index contributed by atoms with van der Waals surface area (Å²) in [6, 6.07) is 14.7. The van der Waals surface area contributed by atoms with Gasteiger partial charge in [-0.15, -0.1) is 0 Å². The van der Waals surface area contributed by atoms with Crippen LogP contribution >= 0.6 is 15.9 Å². The lowest BCUT2D eigenvalue weighted by Crippen LogP contribution is -2.21. The molecule has 0 saturated heterocycles. The van der Waals surface area contributed by atoms with E-state index >= 15 is 0 Å². The van der Waals surface area contributed by atoms with Crippen LogP contribution in [0.5, 0.6) is 5.75 Å². The molecule has 1 amide bonds. The van der Waals surface area contributed by atoms with E-state index in [1.54, 1.807) is 18.2 Å². The summed E-state index contributed by atoms with van der Waals surface area (Å²) in [6.45, 7) is 1.87. The number of nitrogens with one attached hydrogen (secondary N) is 1. The third-order valence-corrected chi connectivity index (χ3v) is 3.56. The standard InChI is InChI=1S/C18H18BrNO4/c1-13-5-7-16(8-6-13)23-10-9-18(22)24-12-17(21)20-15-4-2-3-14(19)11-15/h2-8,11H,9-10,12H2,1H3,(H,20,21). The highest BCUT2D eigenvalue weighted by Crippen LogP contribution is 2.15. The number of aryl methyl sites for hydroxylation is 1. The molecule has 2 rings (SSSR count). The fourth-order valence-corrected chi connectivity index (χ4v) is 2.27. The molecule has 0 aliphatic heterocycles. The van der Waals surface area contributed by atoms with Crippen LogP contribution in [0.25, 0.3) is 0 Å². The summed E-state index contributed by atoms with van der Waals surface area (Å²) in [5.41, 5.74) is 1.77. The Morgan fingerprint density at radius 2 is 1.88 bits per heavy atom. The number of hydrogen-bond acceptors (Lipinski definition) is 4. The van der Waals surface area contributed by atoms with Gasteiger partial charge in [-0.2, -0.15) is 0 Å². The molecule has 5 nitrogen and oxygen atoms in total. The van der Waals surface area contributed by atoms with Gasteiger partial charge in [-0.3, -0.25) is 9.59 Å². The van der Waals surface area contributed by atoms with Gasteiger partial charge in [0, 0.05) is 10.2 Å². The smallest absolute Gasteiger partial charge is 0.309 e. The lowest BCUT2D eigenvalue weighted by molar-refractivity contribution is -0.147. The summed E-state index contributed by atoms with van der Waals surface area (Å²) in [5.74, 6) is -0.173. The van der Waals surface area contributed by atoms with E-state index in [-0.39, 0.29) is 25.5 Å². The molecule has 24 heavy (non-hydrogen) atoms. The summed E-state index contributed by atoms with van der Waals surface area (Å²) in [7, 11) is 0. The summed E-state index contributed by atoms with van der Waals surface area (Å²) >= 11 is 3.32. The molecule has 0 unspecified atom stereocenters. The zero-order valence-electron chi connectivity index (χ0n) is 13.3. The number of amides is 1. The van der Waals surface area contributed by atoms with Crippen molar-refractivity contribution in [2.45, 2.75) is 13.3 Å². The number of benzene rings is 2. The molecule has 2 aromatic rings. The maximum Gasteiger partial charge on any atom is 0.309 e. The Bertz CT molecular complexity index is 700. The number of carbonyl (C=O) groups excluding carboxylic acids is 2. The first-order valence-electron chi connectivity index (χ1n) is 7.43. The normalized spacial score (nSPS) is 10.1. The fourth-order valence-electron chi connectivity index (χ4n) is 1.87. The molecule has 0 heterocycles. The minimum Gasteiger partial charge on any atom is -0.493 e. The Morgan fingerprint density at radius 1 is 1.12 bits per heavy atom. The van der Waals surface area contributed by atoms with Crippen molar-refractivity contribution in [1.29, 1.82) is 0 Å². The Hall–Kier alpha value is -2.34. The van der Waals surface area contributed by atoms with Gasteiger partial charge in [-0.05, 0) is 37.3 Å². The molecule has 2 aromatic carbocycles. The molecular formula is C18H18BrNO4. The molecule has 0 radical (unpaired) electrons. The van der Waals surface area contributed by atoms with Gasteiger partial charge < -0.3 is 14.8 Å².